The van der Waals surface area contributed by atoms with Crippen molar-refractivity contribution in [3.8, 4) is 11.6 Å². The van der Waals surface area contributed by atoms with Crippen LogP contribution in [0.25, 0.3) is 28.8 Å². The molecule has 0 aliphatic heterocycles. The molecule has 0 saturated heterocycles. The van der Waals surface area contributed by atoms with Crippen LogP contribution >= 0.6 is 0 Å². The molecule has 3 aromatic rings. The summed E-state index contributed by atoms with van der Waals surface area (Å²) in [4.78, 5) is 11.4. The number of nitrogens with zero attached hydrogens (tertiary/aromatic N) is 1. The summed E-state index contributed by atoms with van der Waals surface area (Å²) in [5.74, 6) is 2.35. The second-order valence-corrected chi connectivity index (χ2v) is 7.02. The van der Waals surface area contributed by atoms with Crippen molar-refractivity contribution in [2.45, 2.75) is 19.8 Å². The number of allylic oxidation sites excluding steroid dienone is 9. The lowest BCUT2D eigenvalue weighted by Crippen LogP contribution is -1.84. The number of H-pyrrole nitrogens is 2. The predicted octanol–water partition coefficient (Wildman–Crippen LogP) is 5.86. The molecule has 3 heterocycles. The molecule has 0 unspecified atom stereocenters. The van der Waals surface area contributed by atoms with Crippen molar-refractivity contribution in [3.63, 3.8) is 0 Å². The third-order valence-corrected chi connectivity index (χ3v) is 5.10. The van der Waals surface area contributed by atoms with E-state index in [1.165, 1.54) is 5.56 Å². The predicted molar refractivity (Wildman–Crippen MR) is 113 cm³/mol. The van der Waals surface area contributed by atoms with Crippen LogP contribution in [0.1, 0.15) is 34.8 Å². The van der Waals surface area contributed by atoms with Gasteiger partial charge in [0.25, 0.3) is 0 Å². The third-order valence-electron chi connectivity index (χ3n) is 5.10. The second-order valence-electron chi connectivity index (χ2n) is 7.02. The minimum absolute atomic E-state index is 0.746. The van der Waals surface area contributed by atoms with E-state index < -0.39 is 0 Å². The molecule has 3 aromatic heterocycles. The average Bonchev–Trinajstić information content (AvgIpc) is 3.36. The van der Waals surface area contributed by atoms with Gasteiger partial charge < -0.3 is 14.4 Å². The van der Waals surface area contributed by atoms with E-state index in [9.17, 15) is 0 Å². The molecule has 0 radical (unpaired) electrons. The molecule has 28 heavy (non-hydrogen) atoms. The van der Waals surface area contributed by atoms with Gasteiger partial charge in [-0.05, 0) is 55.7 Å². The van der Waals surface area contributed by atoms with Crippen molar-refractivity contribution in [3.05, 3.63) is 95.3 Å². The van der Waals surface area contributed by atoms with E-state index in [1.54, 1.807) is 0 Å². The number of hydrogen-bond donors (Lipinski definition) is 2. The van der Waals surface area contributed by atoms with Gasteiger partial charge in [0.1, 0.15) is 5.76 Å². The number of furan rings is 1. The number of aromatic nitrogens is 3. The normalized spacial score (nSPS) is 15.8. The van der Waals surface area contributed by atoms with E-state index in [0.29, 0.717) is 0 Å². The summed E-state index contributed by atoms with van der Waals surface area (Å²) < 4.78 is 6.15. The lowest BCUT2D eigenvalue weighted by molar-refractivity contribution is 0.564. The zero-order chi connectivity index (χ0) is 18.9. The Morgan fingerprint density at radius 2 is 1.93 bits per heavy atom. The van der Waals surface area contributed by atoms with Crippen molar-refractivity contribution in [2.75, 3.05) is 0 Å². The summed E-state index contributed by atoms with van der Waals surface area (Å²) in [5, 5.41) is 0. The Balaban J connectivity index is 1.44. The second kappa shape index (κ2) is 6.89. The first-order valence-electron chi connectivity index (χ1n) is 9.53. The summed E-state index contributed by atoms with van der Waals surface area (Å²) in [5.41, 5.74) is 6.63. The number of aryl methyl sites for hydroxylation is 1. The van der Waals surface area contributed by atoms with Gasteiger partial charge in [0.05, 0.1) is 5.69 Å². The monoisotopic (exact) mass is 367 g/mol. The Hall–Kier alpha value is -3.53. The molecule has 4 heteroatoms. The van der Waals surface area contributed by atoms with Crippen LogP contribution in [-0.4, -0.2) is 15.0 Å². The minimum Gasteiger partial charge on any atom is -0.453 e. The van der Waals surface area contributed by atoms with E-state index in [1.807, 2.05) is 25.3 Å². The molecule has 0 aromatic carbocycles. The fourth-order valence-electron chi connectivity index (χ4n) is 3.61. The highest BCUT2D eigenvalue weighted by Gasteiger charge is 2.15. The van der Waals surface area contributed by atoms with E-state index >= 15 is 0 Å². The van der Waals surface area contributed by atoms with Crippen molar-refractivity contribution in [2.24, 2.45) is 0 Å². The number of nitrogens with one attached hydrogen (secondary N) is 2. The molecule has 2 aliphatic rings. The zero-order valence-corrected chi connectivity index (χ0v) is 15.7. The number of fused-ring (bicyclic) bond motifs is 1. The van der Waals surface area contributed by atoms with E-state index in [4.69, 9.17) is 9.40 Å². The van der Waals surface area contributed by atoms with Crippen molar-refractivity contribution < 1.29 is 4.42 Å². The molecule has 2 N–H and O–H groups in total. The maximum absolute atomic E-state index is 6.15. The fourth-order valence-corrected chi connectivity index (χ4v) is 3.61. The maximum Gasteiger partial charge on any atom is 0.174 e. The molecule has 2 aliphatic carbocycles. The lowest BCUT2D eigenvalue weighted by Gasteiger charge is -1.97. The Morgan fingerprint density at radius 3 is 2.89 bits per heavy atom. The zero-order valence-electron chi connectivity index (χ0n) is 15.7. The smallest absolute Gasteiger partial charge is 0.174 e. The molecule has 5 rings (SSSR count). The quantitative estimate of drug-likeness (QED) is 0.609. The number of aromatic amines is 2. The van der Waals surface area contributed by atoms with Gasteiger partial charge in [-0.25, -0.2) is 4.98 Å². The summed E-state index contributed by atoms with van der Waals surface area (Å²) in [6.45, 7) is 2.04. The van der Waals surface area contributed by atoms with Gasteiger partial charge in [0, 0.05) is 28.7 Å². The van der Waals surface area contributed by atoms with Gasteiger partial charge in [-0.15, -0.1) is 0 Å². The summed E-state index contributed by atoms with van der Waals surface area (Å²) >= 11 is 0. The van der Waals surface area contributed by atoms with Crippen LogP contribution in [0.2, 0.25) is 0 Å². The first kappa shape index (κ1) is 16.6. The summed E-state index contributed by atoms with van der Waals surface area (Å²) in [7, 11) is 0. The van der Waals surface area contributed by atoms with Gasteiger partial charge in [-0.1, -0.05) is 36.5 Å². The highest BCUT2D eigenvalue weighted by Crippen LogP contribution is 2.30. The van der Waals surface area contributed by atoms with Crippen molar-refractivity contribution in [1.29, 1.82) is 0 Å². The SMILES string of the molecule is Cc1[nH]c(-c2ccc(C3=CCc4cc[nH]c4C=C3)o2)nc1C1=CC=CCC=C1. The van der Waals surface area contributed by atoms with Crippen LogP contribution in [0.15, 0.2) is 71.3 Å². The molecule has 4 nitrogen and oxygen atoms in total. The molecular weight excluding hydrogens is 346 g/mol. The molecule has 0 bridgehead atoms. The first-order chi connectivity index (χ1) is 13.8. The van der Waals surface area contributed by atoms with Crippen LogP contribution in [0, 0.1) is 6.92 Å². The number of imidazole rings is 1. The standard InChI is InChI=1S/C24H21N3O/c1-16-23(19-6-4-2-3-5-7-19)27-24(26-16)22-13-12-21(28-22)18-9-8-17-14-15-25-20(17)11-10-18/h2,4-7,9-15,25H,3,8H2,1H3,(H,26,27). The van der Waals surface area contributed by atoms with Crippen molar-refractivity contribution >= 4 is 17.2 Å². The molecule has 0 spiro atoms. The number of rotatable bonds is 3. The Kier molecular flexibility index (Phi) is 4.09. The van der Waals surface area contributed by atoms with Gasteiger partial charge in [-0.2, -0.15) is 0 Å². The van der Waals surface area contributed by atoms with E-state index in [0.717, 1.165) is 58.4 Å². The Bertz CT molecular complexity index is 1170. The van der Waals surface area contributed by atoms with Gasteiger partial charge in [-0.3, -0.25) is 0 Å². The molecule has 0 saturated carbocycles. The third kappa shape index (κ3) is 3.03. The lowest BCUT2D eigenvalue weighted by atomic mass is 10.1. The van der Waals surface area contributed by atoms with Crippen LogP contribution in [0.3, 0.4) is 0 Å². The topological polar surface area (TPSA) is 57.6 Å². The molecule has 0 fully saturated rings. The van der Waals surface area contributed by atoms with Crippen LogP contribution < -0.4 is 0 Å². The minimum atomic E-state index is 0.746. The molecular formula is C24H21N3O. The van der Waals surface area contributed by atoms with Crippen LogP contribution in [0.5, 0.6) is 0 Å². The summed E-state index contributed by atoms with van der Waals surface area (Å²) in [6, 6.07) is 6.11. The first-order valence-corrected chi connectivity index (χ1v) is 9.53. The van der Waals surface area contributed by atoms with Crippen LogP contribution in [-0.2, 0) is 6.42 Å². The van der Waals surface area contributed by atoms with Crippen molar-refractivity contribution in [1.82, 2.24) is 15.0 Å². The van der Waals surface area contributed by atoms with Gasteiger partial charge >= 0.3 is 0 Å². The Morgan fingerprint density at radius 1 is 1.00 bits per heavy atom. The van der Waals surface area contributed by atoms with Gasteiger partial charge in [0.2, 0.25) is 0 Å². The highest BCUT2D eigenvalue weighted by molar-refractivity contribution is 5.79. The molecule has 138 valence electrons. The van der Waals surface area contributed by atoms with Gasteiger partial charge in [0.15, 0.2) is 11.6 Å². The number of hydrogen-bond acceptors (Lipinski definition) is 2. The van der Waals surface area contributed by atoms with E-state index in [2.05, 4.69) is 64.6 Å². The molecule has 0 atom stereocenters. The average molecular weight is 367 g/mol. The highest BCUT2D eigenvalue weighted by atomic mass is 16.3. The molecule has 0 amide bonds. The largest absolute Gasteiger partial charge is 0.453 e. The summed E-state index contributed by atoms with van der Waals surface area (Å²) in [6.07, 6.45) is 20.8. The van der Waals surface area contributed by atoms with Crippen LogP contribution in [0.4, 0.5) is 0 Å². The maximum atomic E-state index is 6.15. The fraction of sp³-hybridized carbons (Fsp3) is 0.125. The Labute approximate surface area is 163 Å². The van der Waals surface area contributed by atoms with E-state index in [-0.39, 0.29) is 0 Å².